The Morgan fingerprint density at radius 2 is 2.19 bits per heavy atom. The summed E-state index contributed by atoms with van der Waals surface area (Å²) in [7, 11) is 0. The van der Waals surface area contributed by atoms with E-state index in [4.69, 9.17) is 9.47 Å². The fraction of sp³-hybridized carbons (Fsp3) is 0.588. The lowest BCUT2D eigenvalue weighted by molar-refractivity contribution is -0.146. The van der Waals surface area contributed by atoms with E-state index in [9.17, 15) is 4.79 Å². The van der Waals surface area contributed by atoms with Crippen molar-refractivity contribution in [2.45, 2.75) is 44.8 Å². The Bertz CT molecular complexity index is 429. The van der Waals surface area contributed by atoms with E-state index in [0.717, 1.165) is 25.0 Å². The van der Waals surface area contributed by atoms with Gasteiger partial charge in [0, 0.05) is 19.1 Å². The molecule has 3 atom stereocenters. The number of rotatable bonds is 7. The quantitative estimate of drug-likeness (QED) is 0.784. The van der Waals surface area contributed by atoms with Crippen LogP contribution in [-0.2, 0) is 14.3 Å². The van der Waals surface area contributed by atoms with Crippen LogP contribution in [0.2, 0.25) is 0 Å². The molecule has 21 heavy (non-hydrogen) atoms. The first-order valence-corrected chi connectivity index (χ1v) is 7.79. The molecule has 0 radical (unpaired) electrons. The monoisotopic (exact) mass is 291 g/mol. The largest absolute Gasteiger partial charge is 0.465 e. The van der Waals surface area contributed by atoms with Crippen molar-refractivity contribution in [3.8, 4) is 0 Å². The van der Waals surface area contributed by atoms with Gasteiger partial charge in [-0.2, -0.15) is 0 Å². The maximum absolute atomic E-state index is 12.2. The van der Waals surface area contributed by atoms with Crippen LogP contribution >= 0.6 is 0 Å². The van der Waals surface area contributed by atoms with Gasteiger partial charge in [-0.15, -0.1) is 0 Å². The Morgan fingerprint density at radius 3 is 2.81 bits per heavy atom. The van der Waals surface area contributed by atoms with Crippen LogP contribution < -0.4 is 5.32 Å². The third-order valence-corrected chi connectivity index (χ3v) is 3.96. The number of nitrogens with one attached hydrogen (secondary N) is 1. The van der Waals surface area contributed by atoms with Gasteiger partial charge in [0.15, 0.2) is 0 Å². The van der Waals surface area contributed by atoms with E-state index in [1.807, 2.05) is 37.3 Å². The highest BCUT2D eigenvalue weighted by Gasteiger charge is 2.28. The third-order valence-electron chi connectivity index (χ3n) is 3.96. The van der Waals surface area contributed by atoms with Gasteiger partial charge in [0.05, 0.1) is 12.7 Å². The Labute approximate surface area is 126 Å². The lowest BCUT2D eigenvalue weighted by atomic mass is 9.93. The van der Waals surface area contributed by atoms with Crippen molar-refractivity contribution in [1.82, 2.24) is 5.32 Å². The second-order valence-electron chi connectivity index (χ2n) is 5.47. The summed E-state index contributed by atoms with van der Waals surface area (Å²) in [6, 6.07) is 9.73. The van der Waals surface area contributed by atoms with E-state index in [1.165, 1.54) is 0 Å². The van der Waals surface area contributed by atoms with Gasteiger partial charge in [-0.3, -0.25) is 4.79 Å². The van der Waals surface area contributed by atoms with Crippen molar-refractivity contribution in [3.63, 3.8) is 0 Å². The highest BCUT2D eigenvalue weighted by Crippen LogP contribution is 2.21. The molecule has 4 nitrogen and oxygen atoms in total. The topological polar surface area (TPSA) is 47.6 Å². The van der Waals surface area contributed by atoms with Crippen molar-refractivity contribution in [1.29, 1.82) is 0 Å². The summed E-state index contributed by atoms with van der Waals surface area (Å²) in [6.07, 6.45) is 2.37. The Hall–Kier alpha value is -1.39. The molecule has 116 valence electrons. The van der Waals surface area contributed by atoms with Gasteiger partial charge in [-0.1, -0.05) is 37.3 Å². The summed E-state index contributed by atoms with van der Waals surface area (Å²) >= 11 is 0. The van der Waals surface area contributed by atoms with Gasteiger partial charge in [-0.25, -0.2) is 0 Å². The molecule has 1 N–H and O–H groups in total. The molecule has 0 aliphatic carbocycles. The summed E-state index contributed by atoms with van der Waals surface area (Å²) in [4.78, 5) is 12.2. The number of carbonyl (C=O) groups excluding carboxylic acids is 1. The highest BCUT2D eigenvalue weighted by atomic mass is 16.5. The van der Waals surface area contributed by atoms with E-state index in [1.54, 1.807) is 0 Å². The number of hydrogen-bond donors (Lipinski definition) is 1. The van der Waals surface area contributed by atoms with Crippen LogP contribution in [0.5, 0.6) is 0 Å². The normalized spacial score (nSPS) is 21.0. The molecule has 0 amide bonds. The van der Waals surface area contributed by atoms with Gasteiger partial charge in [0.2, 0.25) is 0 Å². The molecule has 1 fully saturated rings. The summed E-state index contributed by atoms with van der Waals surface area (Å²) in [5.41, 5.74) is 1.13. The van der Waals surface area contributed by atoms with Gasteiger partial charge in [-0.05, 0) is 25.3 Å². The zero-order chi connectivity index (χ0) is 15.1. The molecule has 1 heterocycles. The molecule has 1 aliphatic heterocycles. The summed E-state index contributed by atoms with van der Waals surface area (Å²) in [5.74, 6) is -0.126. The second-order valence-corrected chi connectivity index (χ2v) is 5.47. The number of benzene rings is 1. The molecule has 1 aromatic carbocycles. The van der Waals surface area contributed by atoms with E-state index in [-0.39, 0.29) is 24.0 Å². The molecular formula is C17H25NO3. The van der Waals surface area contributed by atoms with Gasteiger partial charge < -0.3 is 14.8 Å². The third kappa shape index (κ3) is 4.55. The molecule has 0 aromatic heterocycles. The molecule has 1 aromatic rings. The minimum atomic E-state index is -0.337. The van der Waals surface area contributed by atoms with Crippen LogP contribution in [0.15, 0.2) is 30.3 Å². The predicted octanol–water partition coefficient (Wildman–Crippen LogP) is 2.49. The summed E-state index contributed by atoms with van der Waals surface area (Å²) < 4.78 is 10.8. The zero-order valence-corrected chi connectivity index (χ0v) is 12.9. The van der Waals surface area contributed by atoms with E-state index in [0.29, 0.717) is 13.2 Å². The number of ether oxygens (including phenoxy) is 2. The smallest absolute Gasteiger partial charge is 0.323 e. The van der Waals surface area contributed by atoms with Crippen LogP contribution in [0.4, 0.5) is 0 Å². The van der Waals surface area contributed by atoms with E-state index in [2.05, 4.69) is 12.2 Å². The van der Waals surface area contributed by atoms with Crippen molar-refractivity contribution in [2.75, 3.05) is 19.8 Å². The number of carbonyl (C=O) groups is 1. The first kappa shape index (κ1) is 16.0. The van der Waals surface area contributed by atoms with Crippen LogP contribution in [0.3, 0.4) is 0 Å². The van der Waals surface area contributed by atoms with Crippen LogP contribution in [0.25, 0.3) is 0 Å². The van der Waals surface area contributed by atoms with E-state index < -0.39 is 0 Å². The van der Waals surface area contributed by atoms with Crippen molar-refractivity contribution in [3.05, 3.63) is 35.9 Å². The first-order chi connectivity index (χ1) is 10.2. The summed E-state index contributed by atoms with van der Waals surface area (Å²) in [5, 5.41) is 3.34. The Kier molecular flexibility index (Phi) is 6.21. The average molecular weight is 291 g/mol. The molecule has 0 spiro atoms. The van der Waals surface area contributed by atoms with Crippen molar-refractivity contribution >= 4 is 5.97 Å². The molecule has 2 rings (SSSR count). The summed E-state index contributed by atoms with van der Waals surface area (Å²) in [6.45, 7) is 5.81. The fourth-order valence-electron chi connectivity index (χ4n) is 2.71. The zero-order valence-electron chi connectivity index (χ0n) is 12.9. The van der Waals surface area contributed by atoms with Crippen molar-refractivity contribution in [2.24, 2.45) is 0 Å². The first-order valence-electron chi connectivity index (χ1n) is 7.79. The maximum atomic E-state index is 12.2. The van der Waals surface area contributed by atoms with Gasteiger partial charge >= 0.3 is 5.97 Å². The molecule has 0 bridgehead atoms. The standard InChI is InChI=1S/C17H25NO3/c1-3-20-17(19)16(18-12-15-10-7-11-21-15)13(2)14-8-5-4-6-9-14/h4-6,8-9,13,15-16,18H,3,7,10-12H2,1-2H3. The molecule has 1 aliphatic rings. The molecular weight excluding hydrogens is 266 g/mol. The molecule has 0 saturated carbocycles. The SMILES string of the molecule is CCOC(=O)C(NCC1CCCO1)C(C)c1ccccc1. The number of esters is 1. The van der Waals surface area contributed by atoms with Crippen LogP contribution in [0, 0.1) is 0 Å². The minimum absolute atomic E-state index is 0.0617. The average Bonchev–Trinajstić information content (AvgIpc) is 3.02. The highest BCUT2D eigenvalue weighted by molar-refractivity contribution is 5.77. The Balaban J connectivity index is 2.01. The lowest BCUT2D eigenvalue weighted by Crippen LogP contribution is -2.45. The predicted molar refractivity (Wildman–Crippen MR) is 82.3 cm³/mol. The van der Waals surface area contributed by atoms with Crippen LogP contribution in [-0.4, -0.2) is 37.9 Å². The van der Waals surface area contributed by atoms with Crippen molar-refractivity contribution < 1.29 is 14.3 Å². The molecule has 4 heteroatoms. The lowest BCUT2D eigenvalue weighted by Gasteiger charge is -2.25. The molecule has 1 saturated heterocycles. The Morgan fingerprint density at radius 1 is 1.43 bits per heavy atom. The van der Waals surface area contributed by atoms with Crippen LogP contribution in [0.1, 0.15) is 38.2 Å². The fourth-order valence-corrected chi connectivity index (χ4v) is 2.71. The second kappa shape index (κ2) is 8.15. The molecule has 3 unspecified atom stereocenters. The maximum Gasteiger partial charge on any atom is 0.323 e. The number of hydrogen-bond acceptors (Lipinski definition) is 4. The van der Waals surface area contributed by atoms with Gasteiger partial charge in [0.25, 0.3) is 0 Å². The van der Waals surface area contributed by atoms with E-state index >= 15 is 0 Å². The van der Waals surface area contributed by atoms with Gasteiger partial charge in [0.1, 0.15) is 6.04 Å². The minimum Gasteiger partial charge on any atom is -0.465 e.